The number of halogens is 1. The van der Waals surface area contributed by atoms with E-state index in [0.29, 0.717) is 6.54 Å². The van der Waals surface area contributed by atoms with Gasteiger partial charge in [0, 0.05) is 48.5 Å². The Labute approximate surface area is 137 Å². The van der Waals surface area contributed by atoms with Gasteiger partial charge in [-0.1, -0.05) is 34.7 Å². The first-order valence-corrected chi connectivity index (χ1v) is 8.16. The quantitative estimate of drug-likeness (QED) is 0.476. The topological polar surface area (TPSA) is 62.5 Å². The molecule has 6 heteroatoms. The number of benzene rings is 1. The van der Waals surface area contributed by atoms with Crippen LogP contribution >= 0.6 is 22.6 Å². The number of amides is 1. The number of hydrogen-bond donors (Lipinski definition) is 1. The van der Waals surface area contributed by atoms with E-state index in [2.05, 4.69) is 50.7 Å². The van der Waals surface area contributed by atoms with Crippen LogP contribution in [0.3, 0.4) is 0 Å². The van der Waals surface area contributed by atoms with E-state index in [0.717, 1.165) is 18.5 Å². The number of carbonyl (C=O) groups is 1. The fourth-order valence-electron chi connectivity index (χ4n) is 2.74. The van der Waals surface area contributed by atoms with Crippen molar-refractivity contribution in [2.75, 3.05) is 31.1 Å². The molecule has 5 nitrogen and oxygen atoms in total. The average molecular weight is 396 g/mol. The van der Waals surface area contributed by atoms with Crippen molar-refractivity contribution in [1.29, 1.82) is 0 Å². The van der Waals surface area contributed by atoms with E-state index in [1.54, 1.807) is 0 Å². The second-order valence-electron chi connectivity index (χ2n) is 5.05. The molecule has 1 saturated heterocycles. The van der Waals surface area contributed by atoms with Gasteiger partial charge in [0.25, 0.3) is 0 Å². The Morgan fingerprint density at radius 3 is 3.00 bits per heavy atom. The van der Waals surface area contributed by atoms with Crippen molar-refractivity contribution < 1.29 is 4.79 Å². The molecule has 1 aliphatic heterocycles. The number of alkyl halides is 1. The molecule has 21 heavy (non-hydrogen) atoms. The first-order valence-electron chi connectivity index (χ1n) is 6.92. The number of aromatic nitrogens is 1. The molecule has 1 fully saturated rings. The normalized spacial score (nSPS) is 19.0. The highest BCUT2D eigenvalue weighted by Gasteiger charge is 2.28. The first kappa shape index (κ1) is 14.5. The van der Waals surface area contributed by atoms with Crippen molar-refractivity contribution in [3.63, 3.8) is 0 Å². The molecule has 2 N–H and O–H groups in total. The minimum Gasteiger partial charge on any atom is -0.366 e. The number of fused-ring (bicyclic) bond motifs is 1. The highest BCUT2D eigenvalue weighted by atomic mass is 127. The summed E-state index contributed by atoms with van der Waals surface area (Å²) in [6, 6.07) is 8.30. The zero-order valence-electron chi connectivity index (χ0n) is 11.6. The number of pyridine rings is 1. The molecule has 1 amide bonds. The van der Waals surface area contributed by atoms with Crippen LogP contribution in [0, 0.1) is 0 Å². The molecule has 3 rings (SSSR count). The lowest BCUT2D eigenvalue weighted by atomic mass is 10.1. The van der Waals surface area contributed by atoms with Gasteiger partial charge in [0.05, 0.1) is 6.54 Å². The van der Waals surface area contributed by atoms with Crippen LogP contribution in [0.15, 0.2) is 36.7 Å². The number of hydrogen-bond acceptors (Lipinski definition) is 4. The minimum atomic E-state index is 0.0242. The maximum Gasteiger partial charge on any atom is 0.237 e. The zero-order valence-corrected chi connectivity index (χ0v) is 13.7. The molecule has 0 radical (unpaired) electrons. The van der Waals surface area contributed by atoms with Crippen LogP contribution in [0.5, 0.6) is 0 Å². The SMILES string of the molecule is NCC(=O)N1CCN(c2cccc3cnccc23)CC1I. The van der Waals surface area contributed by atoms with Crippen molar-refractivity contribution in [2.24, 2.45) is 5.73 Å². The molecule has 1 aliphatic rings. The number of nitrogens with two attached hydrogens (primary N) is 1. The van der Waals surface area contributed by atoms with Crippen molar-refractivity contribution >= 4 is 45.0 Å². The van der Waals surface area contributed by atoms with Gasteiger partial charge in [-0.3, -0.25) is 9.78 Å². The summed E-state index contributed by atoms with van der Waals surface area (Å²) in [4.78, 5) is 20.2. The van der Waals surface area contributed by atoms with Crippen LogP contribution in [-0.2, 0) is 4.79 Å². The molecule has 110 valence electrons. The van der Waals surface area contributed by atoms with E-state index >= 15 is 0 Å². The Morgan fingerprint density at radius 1 is 1.38 bits per heavy atom. The van der Waals surface area contributed by atoms with Gasteiger partial charge in [0.2, 0.25) is 5.91 Å². The summed E-state index contributed by atoms with van der Waals surface area (Å²) in [6.45, 7) is 2.44. The van der Waals surface area contributed by atoms with Gasteiger partial charge in [-0.05, 0) is 12.1 Å². The largest absolute Gasteiger partial charge is 0.366 e. The summed E-state index contributed by atoms with van der Waals surface area (Å²) >= 11 is 2.32. The molecule has 0 spiro atoms. The predicted molar refractivity (Wildman–Crippen MR) is 92.5 cm³/mol. The minimum absolute atomic E-state index is 0.0242. The van der Waals surface area contributed by atoms with E-state index in [-0.39, 0.29) is 16.5 Å². The Hall–Kier alpha value is -1.41. The van der Waals surface area contributed by atoms with Crippen LogP contribution in [-0.4, -0.2) is 46.0 Å². The summed E-state index contributed by atoms with van der Waals surface area (Å²) in [7, 11) is 0. The molecule has 2 aromatic rings. The van der Waals surface area contributed by atoms with E-state index in [1.165, 1.54) is 11.1 Å². The molecule has 1 unspecified atom stereocenters. The maximum atomic E-state index is 11.8. The lowest BCUT2D eigenvalue weighted by Gasteiger charge is -2.40. The molecule has 1 aromatic heterocycles. The lowest BCUT2D eigenvalue weighted by molar-refractivity contribution is -0.130. The van der Waals surface area contributed by atoms with E-state index in [9.17, 15) is 4.79 Å². The Morgan fingerprint density at radius 2 is 2.24 bits per heavy atom. The number of anilines is 1. The Kier molecular flexibility index (Phi) is 4.25. The third-order valence-corrected chi connectivity index (χ3v) is 4.88. The molecule has 0 aliphatic carbocycles. The van der Waals surface area contributed by atoms with Crippen LogP contribution in [0.25, 0.3) is 10.8 Å². The fourth-order valence-corrected chi connectivity index (χ4v) is 3.80. The molecular formula is C15H17IN4O. The van der Waals surface area contributed by atoms with Gasteiger partial charge >= 0.3 is 0 Å². The standard InChI is InChI=1S/C15H17IN4O/c16-14-10-19(6-7-20(14)15(21)8-17)13-3-1-2-11-9-18-5-4-12(11)13/h1-5,9,14H,6-8,10,17H2. The molecule has 0 bridgehead atoms. The number of rotatable bonds is 2. The summed E-state index contributed by atoms with van der Waals surface area (Å²) in [5, 5.41) is 2.34. The van der Waals surface area contributed by atoms with E-state index in [1.807, 2.05) is 23.4 Å². The molecular weight excluding hydrogens is 379 g/mol. The molecule has 2 heterocycles. The maximum absolute atomic E-state index is 11.8. The van der Waals surface area contributed by atoms with E-state index in [4.69, 9.17) is 5.73 Å². The molecule has 1 aromatic carbocycles. The molecule has 1 atom stereocenters. The van der Waals surface area contributed by atoms with Gasteiger partial charge in [-0.2, -0.15) is 0 Å². The highest BCUT2D eigenvalue weighted by molar-refractivity contribution is 14.1. The summed E-state index contributed by atoms with van der Waals surface area (Å²) in [6.07, 6.45) is 3.70. The van der Waals surface area contributed by atoms with Gasteiger partial charge in [0.1, 0.15) is 4.05 Å². The van der Waals surface area contributed by atoms with Crippen molar-refractivity contribution in [1.82, 2.24) is 9.88 Å². The van der Waals surface area contributed by atoms with Crippen LogP contribution < -0.4 is 10.6 Å². The van der Waals surface area contributed by atoms with Gasteiger partial charge in [-0.15, -0.1) is 0 Å². The van der Waals surface area contributed by atoms with Crippen molar-refractivity contribution in [3.8, 4) is 0 Å². The third-order valence-electron chi connectivity index (χ3n) is 3.81. The first-order chi connectivity index (χ1) is 10.2. The molecule has 0 saturated carbocycles. The van der Waals surface area contributed by atoms with Gasteiger partial charge in [-0.25, -0.2) is 0 Å². The summed E-state index contributed by atoms with van der Waals surface area (Å²) in [5.74, 6) is 0.0242. The predicted octanol–water partition coefficient (Wildman–Crippen LogP) is 1.60. The lowest BCUT2D eigenvalue weighted by Crippen LogP contribution is -2.54. The van der Waals surface area contributed by atoms with Crippen molar-refractivity contribution in [2.45, 2.75) is 4.05 Å². The van der Waals surface area contributed by atoms with Crippen molar-refractivity contribution in [3.05, 3.63) is 36.7 Å². The second kappa shape index (κ2) is 6.15. The number of piperazine rings is 1. The number of nitrogens with zero attached hydrogens (tertiary/aromatic N) is 3. The van der Waals surface area contributed by atoms with Crippen LogP contribution in [0.2, 0.25) is 0 Å². The fraction of sp³-hybridized carbons (Fsp3) is 0.333. The zero-order chi connectivity index (χ0) is 14.8. The Bertz CT molecular complexity index is 658. The highest BCUT2D eigenvalue weighted by Crippen LogP contribution is 2.29. The average Bonchev–Trinajstić information content (AvgIpc) is 2.53. The van der Waals surface area contributed by atoms with E-state index < -0.39 is 0 Å². The van der Waals surface area contributed by atoms with Crippen LogP contribution in [0.1, 0.15) is 0 Å². The Balaban J connectivity index is 1.87. The second-order valence-corrected chi connectivity index (χ2v) is 6.48. The third kappa shape index (κ3) is 2.82. The number of carbonyl (C=O) groups excluding carboxylic acids is 1. The summed E-state index contributed by atoms with van der Waals surface area (Å²) in [5.41, 5.74) is 6.68. The van der Waals surface area contributed by atoms with Gasteiger partial charge < -0.3 is 15.5 Å². The smallest absolute Gasteiger partial charge is 0.237 e. The van der Waals surface area contributed by atoms with Crippen LogP contribution in [0.4, 0.5) is 5.69 Å². The summed E-state index contributed by atoms with van der Waals surface area (Å²) < 4.78 is 0.143. The monoisotopic (exact) mass is 396 g/mol. The van der Waals surface area contributed by atoms with Gasteiger partial charge in [0.15, 0.2) is 0 Å².